The Balaban J connectivity index is 2.82. The third-order valence-corrected chi connectivity index (χ3v) is 3.10. The van der Waals surface area contributed by atoms with Crippen molar-refractivity contribution in [3.05, 3.63) is 17.2 Å². The molecular formula is C13H21N3O4S. The molecule has 0 saturated carbocycles. The number of carbonyl (C=O) groups excluding carboxylic acids is 2. The van der Waals surface area contributed by atoms with Gasteiger partial charge in [0.25, 0.3) is 0 Å². The van der Waals surface area contributed by atoms with Gasteiger partial charge in [0.2, 0.25) is 0 Å². The number of nitrogens with one attached hydrogen (secondary N) is 1. The number of rotatable bonds is 4. The number of hydrogen-bond donors (Lipinski definition) is 1. The Morgan fingerprint density at radius 1 is 1.38 bits per heavy atom. The number of ether oxygens (including phenoxy) is 2. The zero-order valence-electron chi connectivity index (χ0n) is 12.9. The molecule has 0 fully saturated rings. The quantitative estimate of drug-likeness (QED) is 0.675. The molecular weight excluding hydrogens is 294 g/mol. The van der Waals surface area contributed by atoms with Crippen LogP contribution >= 0.6 is 12.2 Å². The van der Waals surface area contributed by atoms with E-state index in [0.29, 0.717) is 4.77 Å². The number of methoxy groups -OCH3 is 1. The third-order valence-electron chi connectivity index (χ3n) is 2.57. The van der Waals surface area contributed by atoms with Crippen LogP contribution in [0.1, 0.15) is 20.8 Å². The lowest BCUT2D eigenvalue weighted by Gasteiger charge is -2.22. The van der Waals surface area contributed by atoms with Gasteiger partial charge >= 0.3 is 12.1 Å². The van der Waals surface area contributed by atoms with Crippen LogP contribution in [0.25, 0.3) is 0 Å². The first kappa shape index (κ1) is 17.2. The van der Waals surface area contributed by atoms with Crippen LogP contribution in [-0.4, -0.2) is 39.9 Å². The summed E-state index contributed by atoms with van der Waals surface area (Å²) in [6, 6.07) is -0.876. The molecule has 0 aliphatic rings. The van der Waals surface area contributed by atoms with E-state index in [0.717, 1.165) is 0 Å². The van der Waals surface area contributed by atoms with Crippen LogP contribution in [-0.2, 0) is 27.9 Å². The second kappa shape index (κ2) is 6.75. The molecule has 1 atom stereocenters. The maximum atomic E-state index is 11.8. The molecule has 8 heteroatoms. The van der Waals surface area contributed by atoms with Gasteiger partial charge in [0.05, 0.1) is 13.7 Å². The zero-order valence-corrected chi connectivity index (χ0v) is 13.7. The van der Waals surface area contributed by atoms with Gasteiger partial charge in [0.15, 0.2) is 4.77 Å². The summed E-state index contributed by atoms with van der Waals surface area (Å²) in [5.41, 5.74) is -0.645. The summed E-state index contributed by atoms with van der Waals surface area (Å²) in [5.74, 6) is -0.563. The minimum absolute atomic E-state index is 0.172. The van der Waals surface area contributed by atoms with E-state index < -0.39 is 23.7 Å². The SMILES string of the molecule is COC(=O)[C@H](Cn1ccn(C)c1=S)NC(=O)OC(C)(C)C. The van der Waals surface area contributed by atoms with Gasteiger partial charge in [-0.15, -0.1) is 0 Å². The molecule has 1 N–H and O–H groups in total. The molecule has 1 aromatic heterocycles. The van der Waals surface area contributed by atoms with E-state index in [1.54, 1.807) is 49.3 Å². The van der Waals surface area contributed by atoms with Gasteiger partial charge in [-0.05, 0) is 33.0 Å². The minimum atomic E-state index is -0.876. The fourth-order valence-electron chi connectivity index (χ4n) is 1.62. The molecule has 0 saturated heterocycles. The van der Waals surface area contributed by atoms with Crippen LogP contribution in [0.5, 0.6) is 0 Å². The average Bonchev–Trinajstić information content (AvgIpc) is 2.66. The number of amides is 1. The Labute approximate surface area is 128 Å². The topological polar surface area (TPSA) is 74.5 Å². The number of aryl methyl sites for hydroxylation is 1. The van der Waals surface area contributed by atoms with E-state index in [-0.39, 0.29) is 6.54 Å². The number of hydrogen-bond acceptors (Lipinski definition) is 5. The van der Waals surface area contributed by atoms with Crippen molar-refractivity contribution in [1.29, 1.82) is 0 Å². The predicted octanol–water partition coefficient (Wildman–Crippen LogP) is 1.62. The lowest BCUT2D eigenvalue weighted by atomic mass is 10.2. The molecule has 0 aliphatic carbocycles. The fourth-order valence-corrected chi connectivity index (χ4v) is 1.81. The smallest absolute Gasteiger partial charge is 0.408 e. The molecule has 118 valence electrons. The lowest BCUT2D eigenvalue weighted by molar-refractivity contribution is -0.143. The molecule has 1 amide bonds. The molecule has 0 unspecified atom stereocenters. The van der Waals surface area contributed by atoms with E-state index in [4.69, 9.17) is 21.7 Å². The molecule has 0 aliphatic heterocycles. The first-order chi connectivity index (χ1) is 9.64. The summed E-state index contributed by atoms with van der Waals surface area (Å²) >= 11 is 5.20. The standard InChI is InChI=1S/C13H21N3O4S/c1-13(2,3)20-11(18)14-9(10(17)19-5)8-16-7-6-15(4)12(16)21/h6-7,9H,8H2,1-5H3,(H,14,18)/t9-/m0/s1. The summed E-state index contributed by atoms with van der Waals surface area (Å²) in [5, 5.41) is 2.50. The van der Waals surface area contributed by atoms with E-state index in [1.807, 2.05) is 0 Å². The molecule has 0 aromatic carbocycles. The van der Waals surface area contributed by atoms with Crippen LogP contribution in [0.2, 0.25) is 0 Å². The molecule has 1 rings (SSSR count). The monoisotopic (exact) mass is 315 g/mol. The summed E-state index contributed by atoms with van der Waals surface area (Å²) < 4.78 is 13.8. The van der Waals surface area contributed by atoms with Crippen molar-refractivity contribution < 1.29 is 19.1 Å². The van der Waals surface area contributed by atoms with Crippen molar-refractivity contribution in [3.63, 3.8) is 0 Å². The van der Waals surface area contributed by atoms with Crippen molar-refractivity contribution >= 4 is 24.3 Å². The Morgan fingerprint density at radius 3 is 2.43 bits per heavy atom. The highest BCUT2D eigenvalue weighted by atomic mass is 32.1. The maximum Gasteiger partial charge on any atom is 0.408 e. The normalized spacial score (nSPS) is 12.6. The lowest BCUT2D eigenvalue weighted by Crippen LogP contribution is -2.46. The van der Waals surface area contributed by atoms with Gasteiger partial charge in [-0.1, -0.05) is 0 Å². The number of alkyl carbamates (subject to hydrolysis) is 1. The van der Waals surface area contributed by atoms with Gasteiger partial charge < -0.3 is 23.9 Å². The van der Waals surface area contributed by atoms with Crippen molar-refractivity contribution in [2.45, 2.75) is 39.0 Å². The van der Waals surface area contributed by atoms with E-state index >= 15 is 0 Å². The van der Waals surface area contributed by atoms with Crippen molar-refractivity contribution in [1.82, 2.24) is 14.5 Å². The molecule has 1 heterocycles. The highest BCUT2D eigenvalue weighted by molar-refractivity contribution is 7.71. The first-order valence-electron chi connectivity index (χ1n) is 6.43. The van der Waals surface area contributed by atoms with Crippen LogP contribution < -0.4 is 5.32 Å². The number of carbonyl (C=O) groups is 2. The predicted molar refractivity (Wildman–Crippen MR) is 79.4 cm³/mol. The van der Waals surface area contributed by atoms with Gasteiger partial charge in [0.1, 0.15) is 11.6 Å². The molecule has 0 spiro atoms. The zero-order chi connectivity index (χ0) is 16.2. The van der Waals surface area contributed by atoms with Gasteiger partial charge in [-0.2, -0.15) is 0 Å². The highest BCUT2D eigenvalue weighted by Crippen LogP contribution is 2.07. The van der Waals surface area contributed by atoms with Gasteiger partial charge in [-0.25, -0.2) is 9.59 Å². The van der Waals surface area contributed by atoms with Crippen LogP contribution in [0.4, 0.5) is 4.79 Å². The molecule has 21 heavy (non-hydrogen) atoms. The number of imidazole rings is 1. The first-order valence-corrected chi connectivity index (χ1v) is 6.84. The highest BCUT2D eigenvalue weighted by Gasteiger charge is 2.25. The van der Waals surface area contributed by atoms with Crippen LogP contribution in [0.3, 0.4) is 0 Å². The summed E-state index contributed by atoms with van der Waals surface area (Å²) in [4.78, 5) is 23.6. The van der Waals surface area contributed by atoms with Gasteiger partial charge in [0, 0.05) is 19.4 Å². The molecule has 7 nitrogen and oxygen atoms in total. The Kier molecular flexibility index (Phi) is 5.54. The number of esters is 1. The Hall–Kier alpha value is -1.83. The Bertz CT molecular complexity index is 571. The van der Waals surface area contributed by atoms with E-state index in [1.165, 1.54) is 7.11 Å². The second-order valence-corrected chi connectivity index (χ2v) is 5.93. The van der Waals surface area contributed by atoms with Crippen LogP contribution in [0.15, 0.2) is 12.4 Å². The second-order valence-electron chi connectivity index (χ2n) is 5.57. The largest absolute Gasteiger partial charge is 0.467 e. The third kappa shape index (κ3) is 5.22. The van der Waals surface area contributed by atoms with Crippen molar-refractivity contribution in [2.75, 3.05) is 7.11 Å². The summed E-state index contributed by atoms with van der Waals surface area (Å²) in [6.45, 7) is 5.40. The maximum absolute atomic E-state index is 11.8. The average molecular weight is 315 g/mol. The van der Waals surface area contributed by atoms with E-state index in [2.05, 4.69) is 5.32 Å². The van der Waals surface area contributed by atoms with Crippen molar-refractivity contribution in [3.8, 4) is 0 Å². The fraction of sp³-hybridized carbons (Fsp3) is 0.615. The summed E-state index contributed by atoms with van der Waals surface area (Å²) in [7, 11) is 3.06. The number of aromatic nitrogens is 2. The van der Waals surface area contributed by atoms with Crippen molar-refractivity contribution in [2.24, 2.45) is 7.05 Å². The van der Waals surface area contributed by atoms with E-state index in [9.17, 15) is 9.59 Å². The minimum Gasteiger partial charge on any atom is -0.467 e. The summed E-state index contributed by atoms with van der Waals surface area (Å²) in [6.07, 6.45) is 2.82. The Morgan fingerprint density at radius 2 is 2.00 bits per heavy atom. The molecule has 0 bridgehead atoms. The molecule has 1 aromatic rings. The molecule has 0 radical (unpaired) electrons. The van der Waals surface area contributed by atoms with Crippen LogP contribution in [0, 0.1) is 4.77 Å². The number of nitrogens with zero attached hydrogens (tertiary/aromatic N) is 2. The van der Waals surface area contributed by atoms with Gasteiger partial charge in [-0.3, -0.25) is 0 Å².